The molecule has 0 aliphatic carbocycles. The highest BCUT2D eigenvalue weighted by molar-refractivity contribution is 9.10. The van der Waals surface area contributed by atoms with Crippen LogP contribution in [-0.4, -0.2) is 64.0 Å². The number of nitrogens with zero attached hydrogens (tertiary/aromatic N) is 5. The highest BCUT2D eigenvalue weighted by atomic mass is 79.9. The maximum absolute atomic E-state index is 13.0. The molecule has 1 N–H and O–H groups in total. The molecule has 35 heavy (non-hydrogen) atoms. The van der Waals surface area contributed by atoms with Gasteiger partial charge in [-0.3, -0.25) is 19.1 Å². The first-order valence-corrected chi connectivity index (χ1v) is 12.8. The zero-order chi connectivity index (χ0) is 24.4. The van der Waals surface area contributed by atoms with Gasteiger partial charge < -0.3 is 14.6 Å². The van der Waals surface area contributed by atoms with Gasteiger partial charge in [0.1, 0.15) is 12.1 Å². The van der Waals surface area contributed by atoms with Gasteiger partial charge in [-0.2, -0.15) is 0 Å². The van der Waals surface area contributed by atoms with Crippen LogP contribution in [0.15, 0.2) is 64.1 Å². The SMILES string of the molecule is O=C(Cn1c(=O)c2cccn2c2cc(Br)cnc21)NCCCN1CCN(c2ccc(Cl)cc2)CC1. The number of rotatable bonds is 7. The first-order valence-electron chi connectivity index (χ1n) is 11.6. The number of amides is 1. The fraction of sp³-hybridized carbons (Fsp3) is 0.320. The molecule has 1 aromatic carbocycles. The van der Waals surface area contributed by atoms with E-state index < -0.39 is 0 Å². The number of fused-ring (bicyclic) bond motifs is 3. The summed E-state index contributed by atoms with van der Waals surface area (Å²) in [6.45, 7) is 5.32. The molecule has 1 aliphatic heterocycles. The third-order valence-corrected chi connectivity index (χ3v) is 7.07. The third-order valence-electron chi connectivity index (χ3n) is 6.38. The van der Waals surface area contributed by atoms with Crippen LogP contribution in [0.1, 0.15) is 6.42 Å². The smallest absolute Gasteiger partial charge is 0.276 e. The summed E-state index contributed by atoms with van der Waals surface area (Å²) < 4.78 is 4.06. The van der Waals surface area contributed by atoms with Crippen LogP contribution in [0.4, 0.5) is 5.69 Å². The van der Waals surface area contributed by atoms with Gasteiger partial charge in [0.2, 0.25) is 5.91 Å². The van der Waals surface area contributed by atoms with E-state index in [1.165, 1.54) is 10.3 Å². The zero-order valence-corrected chi connectivity index (χ0v) is 21.5. The predicted molar refractivity (Wildman–Crippen MR) is 142 cm³/mol. The van der Waals surface area contributed by atoms with Crippen molar-refractivity contribution in [2.24, 2.45) is 0 Å². The monoisotopic (exact) mass is 556 g/mol. The van der Waals surface area contributed by atoms with Gasteiger partial charge in [0, 0.05) is 60.3 Å². The molecule has 0 radical (unpaired) electrons. The Hall–Kier alpha value is -2.88. The van der Waals surface area contributed by atoms with Crippen LogP contribution in [0.25, 0.3) is 16.7 Å². The van der Waals surface area contributed by atoms with E-state index in [-0.39, 0.29) is 18.0 Å². The van der Waals surface area contributed by atoms with Crippen LogP contribution in [0, 0.1) is 0 Å². The van der Waals surface area contributed by atoms with E-state index in [4.69, 9.17) is 11.6 Å². The number of carbonyl (C=O) groups is 1. The number of nitrogens with one attached hydrogen (secondary N) is 1. The van der Waals surface area contributed by atoms with Crippen molar-refractivity contribution in [3.63, 3.8) is 0 Å². The Labute approximate surface area is 216 Å². The highest BCUT2D eigenvalue weighted by Crippen LogP contribution is 2.20. The van der Waals surface area contributed by atoms with Gasteiger partial charge >= 0.3 is 0 Å². The molecule has 1 fully saturated rings. The lowest BCUT2D eigenvalue weighted by molar-refractivity contribution is -0.121. The molecule has 0 bridgehead atoms. The molecule has 0 saturated carbocycles. The number of pyridine rings is 1. The van der Waals surface area contributed by atoms with E-state index >= 15 is 0 Å². The van der Waals surface area contributed by atoms with Crippen molar-refractivity contribution < 1.29 is 4.79 Å². The molecule has 4 aromatic rings. The van der Waals surface area contributed by atoms with Gasteiger partial charge in [0.25, 0.3) is 5.56 Å². The number of anilines is 1. The topological polar surface area (TPSA) is 74.9 Å². The molecule has 0 spiro atoms. The lowest BCUT2D eigenvalue weighted by Gasteiger charge is -2.36. The summed E-state index contributed by atoms with van der Waals surface area (Å²) in [5, 5.41) is 3.72. The molecule has 10 heteroatoms. The van der Waals surface area contributed by atoms with Crippen molar-refractivity contribution >= 4 is 55.8 Å². The highest BCUT2D eigenvalue weighted by Gasteiger charge is 2.17. The Balaban J connectivity index is 1.13. The van der Waals surface area contributed by atoms with Gasteiger partial charge in [-0.15, -0.1) is 0 Å². The lowest BCUT2D eigenvalue weighted by Crippen LogP contribution is -2.47. The first-order chi connectivity index (χ1) is 17.0. The van der Waals surface area contributed by atoms with E-state index in [1.54, 1.807) is 16.7 Å². The van der Waals surface area contributed by atoms with E-state index in [0.29, 0.717) is 17.7 Å². The zero-order valence-electron chi connectivity index (χ0n) is 19.2. The summed E-state index contributed by atoms with van der Waals surface area (Å²) in [4.78, 5) is 34.9. The number of halogens is 2. The minimum atomic E-state index is -0.231. The molecule has 1 saturated heterocycles. The van der Waals surface area contributed by atoms with E-state index in [0.717, 1.165) is 54.2 Å². The fourth-order valence-electron chi connectivity index (χ4n) is 4.56. The number of piperazine rings is 1. The van der Waals surface area contributed by atoms with Crippen molar-refractivity contribution in [2.75, 3.05) is 44.2 Å². The van der Waals surface area contributed by atoms with Crippen molar-refractivity contribution in [1.29, 1.82) is 0 Å². The lowest BCUT2D eigenvalue weighted by atomic mass is 10.2. The summed E-state index contributed by atoms with van der Waals surface area (Å²) in [6, 6.07) is 13.4. The Morgan fingerprint density at radius 1 is 1.09 bits per heavy atom. The average Bonchev–Trinajstić information content (AvgIpc) is 3.36. The number of hydrogen-bond donors (Lipinski definition) is 1. The predicted octanol–water partition coefficient (Wildman–Crippen LogP) is 3.39. The molecule has 0 unspecified atom stereocenters. The number of aromatic nitrogens is 3. The second-order valence-corrected chi connectivity index (χ2v) is 10.0. The number of benzene rings is 1. The number of carbonyl (C=O) groups excluding carboxylic acids is 1. The minimum absolute atomic E-state index is 0.0641. The van der Waals surface area contributed by atoms with E-state index in [1.807, 2.05) is 30.5 Å². The first kappa shape index (κ1) is 23.8. The summed E-state index contributed by atoms with van der Waals surface area (Å²) >= 11 is 9.43. The van der Waals surface area contributed by atoms with Gasteiger partial charge in [0.15, 0.2) is 5.65 Å². The van der Waals surface area contributed by atoms with Crippen molar-refractivity contribution in [1.82, 2.24) is 24.2 Å². The molecule has 5 rings (SSSR count). The largest absolute Gasteiger partial charge is 0.369 e. The Morgan fingerprint density at radius 3 is 2.63 bits per heavy atom. The normalized spacial score (nSPS) is 14.6. The van der Waals surface area contributed by atoms with Gasteiger partial charge in [-0.25, -0.2) is 4.98 Å². The molecule has 4 heterocycles. The van der Waals surface area contributed by atoms with Gasteiger partial charge in [0.05, 0.1) is 5.52 Å². The van der Waals surface area contributed by atoms with Crippen LogP contribution >= 0.6 is 27.5 Å². The maximum atomic E-state index is 13.0. The van der Waals surface area contributed by atoms with Gasteiger partial charge in [-0.05, 0) is 71.4 Å². The van der Waals surface area contributed by atoms with Crippen LogP contribution < -0.4 is 15.8 Å². The Kier molecular flexibility index (Phi) is 7.08. The molecule has 182 valence electrons. The molecule has 1 amide bonds. The van der Waals surface area contributed by atoms with Crippen molar-refractivity contribution in [3.05, 3.63) is 74.7 Å². The molecular formula is C25H26BrClN6O2. The minimum Gasteiger partial charge on any atom is -0.369 e. The molecule has 8 nitrogen and oxygen atoms in total. The Morgan fingerprint density at radius 2 is 1.86 bits per heavy atom. The van der Waals surface area contributed by atoms with E-state index in [2.05, 4.69) is 48.2 Å². The molecule has 0 atom stereocenters. The second-order valence-electron chi connectivity index (χ2n) is 8.66. The average molecular weight is 558 g/mol. The Bertz CT molecular complexity index is 1410. The molecule has 1 aliphatic rings. The van der Waals surface area contributed by atoms with Gasteiger partial charge in [-0.1, -0.05) is 11.6 Å². The van der Waals surface area contributed by atoms with Crippen LogP contribution in [0.5, 0.6) is 0 Å². The third kappa shape index (κ3) is 5.22. The van der Waals surface area contributed by atoms with Crippen molar-refractivity contribution in [2.45, 2.75) is 13.0 Å². The standard InChI is InChI=1S/C25H26BrClN6O2/c26-18-15-22-24(29-16-18)33(25(35)21-3-1-10-32(21)22)17-23(34)28-8-2-9-30-11-13-31(14-12-30)20-6-4-19(27)5-7-20/h1,3-7,10,15-16H,2,8-9,11-14,17H2,(H,28,34). The molecular weight excluding hydrogens is 532 g/mol. The summed E-state index contributed by atoms with van der Waals surface area (Å²) in [7, 11) is 0. The summed E-state index contributed by atoms with van der Waals surface area (Å²) in [5.74, 6) is -0.193. The van der Waals surface area contributed by atoms with E-state index in [9.17, 15) is 9.59 Å². The van der Waals surface area contributed by atoms with Crippen molar-refractivity contribution in [3.8, 4) is 0 Å². The fourth-order valence-corrected chi connectivity index (χ4v) is 5.01. The van der Waals surface area contributed by atoms with Crippen LogP contribution in [0.2, 0.25) is 5.02 Å². The summed E-state index contributed by atoms with van der Waals surface area (Å²) in [6.07, 6.45) is 4.32. The quantitative estimate of drug-likeness (QED) is 0.353. The van der Waals surface area contributed by atoms with Crippen LogP contribution in [-0.2, 0) is 11.3 Å². The summed E-state index contributed by atoms with van der Waals surface area (Å²) in [5.41, 5.74) is 2.73. The second kappa shape index (κ2) is 10.4. The maximum Gasteiger partial charge on any atom is 0.276 e. The van der Waals surface area contributed by atoms with Crippen LogP contribution in [0.3, 0.4) is 0 Å². The molecule has 3 aromatic heterocycles. The number of hydrogen-bond acceptors (Lipinski definition) is 5.